The highest BCUT2D eigenvalue weighted by atomic mass is 79.9. The summed E-state index contributed by atoms with van der Waals surface area (Å²) in [6.07, 6.45) is 2.08. The normalized spacial score (nSPS) is 12.2. The zero-order valence-corrected chi connectivity index (χ0v) is 21.1. The molecule has 1 heterocycles. The van der Waals surface area contributed by atoms with Crippen molar-refractivity contribution >= 4 is 38.7 Å². The van der Waals surface area contributed by atoms with Crippen molar-refractivity contribution in [3.8, 4) is 5.75 Å². The summed E-state index contributed by atoms with van der Waals surface area (Å²) in [7, 11) is 0. The van der Waals surface area contributed by atoms with E-state index in [0.29, 0.717) is 28.0 Å². The summed E-state index contributed by atoms with van der Waals surface area (Å²) in [5.74, 6) is 0.374. The molecule has 0 saturated heterocycles. The number of fused-ring (bicyclic) bond motifs is 1. The quantitative estimate of drug-likeness (QED) is 0.147. The van der Waals surface area contributed by atoms with Crippen LogP contribution in [0.2, 0.25) is 0 Å². The van der Waals surface area contributed by atoms with Crippen LogP contribution in [0.3, 0.4) is 0 Å². The third kappa shape index (κ3) is 5.49. The van der Waals surface area contributed by atoms with Crippen molar-refractivity contribution < 1.29 is 14.1 Å². The second-order valence-electron chi connectivity index (χ2n) is 8.20. The predicted octanol–water partition coefficient (Wildman–Crippen LogP) is 6.18. The Labute approximate surface area is 214 Å². The van der Waals surface area contributed by atoms with Crippen molar-refractivity contribution in [3.05, 3.63) is 108 Å². The monoisotopic (exact) mass is 552 g/mol. The maximum absolute atomic E-state index is 13.4. The van der Waals surface area contributed by atoms with Crippen LogP contribution in [0.25, 0.3) is 10.9 Å². The lowest BCUT2D eigenvalue weighted by Crippen LogP contribution is -2.23. The van der Waals surface area contributed by atoms with E-state index in [1.165, 1.54) is 41.2 Å². The molecule has 0 spiro atoms. The standard InChI is InChI=1S/C26H22BrFN4O4/c1-3-16(2)25-30-23-10-6-19(27)13-22(23)26(33)31(25)29-14-18-12-21(32(34)35)9-11-24(18)36-15-17-4-7-20(28)8-5-17/h4-14,16H,3,15H2,1-2H3/t16-/m0/s1. The number of nitrogens with zero attached hydrogens (tertiary/aromatic N) is 4. The summed E-state index contributed by atoms with van der Waals surface area (Å²) in [6.45, 7) is 4.05. The molecule has 36 heavy (non-hydrogen) atoms. The lowest BCUT2D eigenvalue weighted by atomic mass is 10.1. The van der Waals surface area contributed by atoms with Crippen molar-refractivity contribution in [1.29, 1.82) is 0 Å². The molecule has 184 valence electrons. The molecular formula is C26H22BrFN4O4. The van der Waals surface area contributed by atoms with Gasteiger partial charge in [-0.3, -0.25) is 14.9 Å². The largest absolute Gasteiger partial charge is 0.488 e. The molecule has 8 nitrogen and oxygen atoms in total. The second kappa shape index (κ2) is 10.8. The number of nitro groups is 1. The molecule has 0 unspecified atom stereocenters. The number of ether oxygens (including phenoxy) is 1. The Kier molecular flexibility index (Phi) is 7.54. The second-order valence-corrected chi connectivity index (χ2v) is 9.11. The molecule has 3 aromatic carbocycles. The van der Waals surface area contributed by atoms with Crippen molar-refractivity contribution in [2.45, 2.75) is 32.8 Å². The highest BCUT2D eigenvalue weighted by molar-refractivity contribution is 9.10. The van der Waals surface area contributed by atoms with Gasteiger partial charge in [-0.1, -0.05) is 41.9 Å². The van der Waals surface area contributed by atoms with Crippen LogP contribution in [0, 0.1) is 15.9 Å². The third-order valence-electron chi connectivity index (χ3n) is 5.71. The van der Waals surface area contributed by atoms with Crippen LogP contribution in [-0.4, -0.2) is 20.8 Å². The molecule has 0 amide bonds. The molecule has 0 radical (unpaired) electrons. The van der Waals surface area contributed by atoms with Crippen LogP contribution >= 0.6 is 15.9 Å². The van der Waals surface area contributed by atoms with E-state index in [1.54, 1.807) is 24.3 Å². The van der Waals surface area contributed by atoms with Crippen molar-refractivity contribution in [1.82, 2.24) is 9.66 Å². The SMILES string of the molecule is CC[C@H](C)c1nc2ccc(Br)cc2c(=O)n1N=Cc1cc([N+](=O)[O-])ccc1OCc1ccc(F)cc1. The Bertz CT molecular complexity index is 1520. The first-order chi connectivity index (χ1) is 17.3. The summed E-state index contributed by atoms with van der Waals surface area (Å²) in [5, 5.41) is 16.2. The fourth-order valence-corrected chi connectivity index (χ4v) is 3.88. The molecule has 0 aliphatic rings. The molecule has 1 aromatic heterocycles. The highest BCUT2D eigenvalue weighted by Crippen LogP contribution is 2.25. The van der Waals surface area contributed by atoms with E-state index in [0.717, 1.165) is 16.5 Å². The van der Waals surface area contributed by atoms with Gasteiger partial charge < -0.3 is 4.74 Å². The number of aromatic nitrogens is 2. The molecular weight excluding hydrogens is 531 g/mol. The van der Waals surface area contributed by atoms with E-state index in [2.05, 4.69) is 26.0 Å². The summed E-state index contributed by atoms with van der Waals surface area (Å²) < 4.78 is 21.0. The average Bonchev–Trinajstić information content (AvgIpc) is 2.87. The number of non-ortho nitro benzene ring substituents is 1. The molecule has 0 aliphatic carbocycles. The Morgan fingerprint density at radius 2 is 1.94 bits per heavy atom. The van der Waals surface area contributed by atoms with Gasteiger partial charge in [-0.05, 0) is 48.4 Å². The summed E-state index contributed by atoms with van der Waals surface area (Å²) in [5.41, 5.74) is 1.08. The summed E-state index contributed by atoms with van der Waals surface area (Å²) in [6, 6.07) is 15.2. The molecule has 0 aliphatic heterocycles. The van der Waals surface area contributed by atoms with Gasteiger partial charge in [-0.25, -0.2) is 9.37 Å². The topological polar surface area (TPSA) is 99.6 Å². The van der Waals surface area contributed by atoms with Crippen LogP contribution in [-0.2, 0) is 6.61 Å². The van der Waals surface area contributed by atoms with Crippen molar-refractivity contribution in [2.24, 2.45) is 5.10 Å². The van der Waals surface area contributed by atoms with Gasteiger partial charge in [-0.2, -0.15) is 9.78 Å². The van der Waals surface area contributed by atoms with Gasteiger partial charge in [0.25, 0.3) is 11.2 Å². The lowest BCUT2D eigenvalue weighted by Gasteiger charge is -2.14. The predicted molar refractivity (Wildman–Crippen MR) is 139 cm³/mol. The first-order valence-electron chi connectivity index (χ1n) is 11.2. The van der Waals surface area contributed by atoms with Gasteiger partial charge >= 0.3 is 0 Å². The molecule has 4 rings (SSSR count). The maximum Gasteiger partial charge on any atom is 0.282 e. The summed E-state index contributed by atoms with van der Waals surface area (Å²) in [4.78, 5) is 28.9. The number of halogens is 2. The van der Waals surface area contributed by atoms with Crippen molar-refractivity contribution in [2.75, 3.05) is 0 Å². The highest BCUT2D eigenvalue weighted by Gasteiger charge is 2.17. The summed E-state index contributed by atoms with van der Waals surface area (Å²) >= 11 is 3.38. The van der Waals surface area contributed by atoms with Crippen LogP contribution in [0.1, 0.15) is 43.1 Å². The zero-order chi connectivity index (χ0) is 25.8. The van der Waals surface area contributed by atoms with Crippen LogP contribution in [0.15, 0.2) is 75.0 Å². The maximum atomic E-state index is 13.4. The van der Waals surface area contributed by atoms with E-state index < -0.39 is 4.92 Å². The Morgan fingerprint density at radius 3 is 2.64 bits per heavy atom. The minimum absolute atomic E-state index is 0.0674. The van der Waals surface area contributed by atoms with Crippen LogP contribution in [0.4, 0.5) is 10.1 Å². The first kappa shape index (κ1) is 25.2. The first-order valence-corrected chi connectivity index (χ1v) is 12.0. The minimum Gasteiger partial charge on any atom is -0.488 e. The fourth-order valence-electron chi connectivity index (χ4n) is 3.52. The zero-order valence-electron chi connectivity index (χ0n) is 19.5. The minimum atomic E-state index is -0.521. The van der Waals surface area contributed by atoms with Gasteiger partial charge in [0, 0.05) is 28.1 Å². The van der Waals surface area contributed by atoms with Crippen LogP contribution < -0.4 is 10.3 Å². The smallest absolute Gasteiger partial charge is 0.282 e. The van der Waals surface area contributed by atoms with E-state index in [9.17, 15) is 19.3 Å². The molecule has 1 atom stereocenters. The van der Waals surface area contributed by atoms with Crippen molar-refractivity contribution in [3.63, 3.8) is 0 Å². The van der Waals surface area contributed by atoms with Crippen LogP contribution in [0.5, 0.6) is 5.75 Å². The Hall–Kier alpha value is -3.92. The van der Waals surface area contributed by atoms with Gasteiger partial charge in [0.15, 0.2) is 0 Å². The van der Waals surface area contributed by atoms with Gasteiger partial charge in [0.2, 0.25) is 0 Å². The number of rotatable bonds is 8. The molecule has 4 aromatic rings. The molecule has 0 N–H and O–H groups in total. The van der Waals surface area contributed by atoms with E-state index in [4.69, 9.17) is 4.74 Å². The van der Waals surface area contributed by atoms with Gasteiger partial charge in [-0.15, -0.1) is 0 Å². The molecule has 0 bridgehead atoms. The lowest BCUT2D eigenvalue weighted by molar-refractivity contribution is -0.384. The average molecular weight is 553 g/mol. The number of hydrogen-bond donors (Lipinski definition) is 0. The number of hydrogen-bond acceptors (Lipinski definition) is 6. The molecule has 10 heteroatoms. The van der Waals surface area contributed by atoms with E-state index in [-0.39, 0.29) is 29.6 Å². The Morgan fingerprint density at radius 1 is 1.19 bits per heavy atom. The van der Waals surface area contributed by atoms with E-state index >= 15 is 0 Å². The molecule has 0 fully saturated rings. The fraction of sp³-hybridized carbons (Fsp3) is 0.192. The molecule has 0 saturated carbocycles. The van der Waals surface area contributed by atoms with E-state index in [1.807, 2.05) is 19.9 Å². The third-order valence-corrected chi connectivity index (χ3v) is 6.20. The number of benzene rings is 3. The Balaban J connectivity index is 1.78. The number of nitro benzene ring substituents is 1. The van der Waals surface area contributed by atoms with Gasteiger partial charge in [0.1, 0.15) is 24.0 Å². The van der Waals surface area contributed by atoms with Gasteiger partial charge in [0.05, 0.1) is 22.0 Å².